The third kappa shape index (κ3) is 3.97. The Bertz CT molecular complexity index is 733. The Kier molecular flexibility index (Phi) is 5.66. The van der Waals surface area contributed by atoms with Gasteiger partial charge in [0.2, 0.25) is 0 Å². The molecule has 128 valence electrons. The average Bonchev–Trinajstić information content (AvgIpc) is 2.54. The Morgan fingerprint density at radius 3 is 2.29 bits per heavy atom. The topological polar surface area (TPSA) is 38.3 Å². The molecule has 0 bridgehead atoms. The fourth-order valence-electron chi connectivity index (χ4n) is 2.73. The van der Waals surface area contributed by atoms with E-state index >= 15 is 0 Å². The van der Waals surface area contributed by atoms with Crippen LogP contribution < -0.4 is 10.1 Å². The van der Waals surface area contributed by atoms with Gasteiger partial charge in [-0.25, -0.2) is 0 Å². The van der Waals surface area contributed by atoms with Crippen LogP contribution in [0.3, 0.4) is 0 Å². The standard InChI is InChI=1S/C21H27NO2/c1-13(2)16-8-9-17(18(12-16)14(3)4)21(23)22-19-11-15(5)7-10-20(19)24-6/h7-14H,1-6H3,(H,22,23). The Balaban J connectivity index is 2.38. The zero-order valence-corrected chi connectivity index (χ0v) is 15.4. The number of hydrogen-bond acceptors (Lipinski definition) is 2. The summed E-state index contributed by atoms with van der Waals surface area (Å²) in [5, 5.41) is 3.00. The third-order valence-electron chi connectivity index (χ3n) is 4.21. The normalized spacial score (nSPS) is 11.0. The van der Waals surface area contributed by atoms with Crippen molar-refractivity contribution in [3.05, 3.63) is 58.7 Å². The van der Waals surface area contributed by atoms with Crippen LogP contribution in [0.15, 0.2) is 36.4 Å². The molecule has 0 atom stereocenters. The molecule has 0 radical (unpaired) electrons. The number of aryl methyl sites for hydroxylation is 1. The third-order valence-corrected chi connectivity index (χ3v) is 4.21. The van der Waals surface area contributed by atoms with Crippen molar-refractivity contribution in [2.45, 2.75) is 46.5 Å². The summed E-state index contributed by atoms with van der Waals surface area (Å²) < 4.78 is 5.35. The molecule has 24 heavy (non-hydrogen) atoms. The van der Waals surface area contributed by atoms with Crippen molar-refractivity contribution < 1.29 is 9.53 Å². The number of hydrogen-bond donors (Lipinski definition) is 1. The Morgan fingerprint density at radius 2 is 1.71 bits per heavy atom. The maximum absolute atomic E-state index is 12.8. The number of rotatable bonds is 5. The van der Waals surface area contributed by atoms with E-state index in [1.54, 1.807) is 7.11 Å². The van der Waals surface area contributed by atoms with Crippen molar-refractivity contribution in [3.8, 4) is 5.75 Å². The van der Waals surface area contributed by atoms with E-state index in [9.17, 15) is 4.79 Å². The van der Waals surface area contributed by atoms with Gasteiger partial charge < -0.3 is 10.1 Å². The summed E-state index contributed by atoms with van der Waals surface area (Å²) in [6.07, 6.45) is 0. The molecule has 2 aromatic carbocycles. The zero-order chi connectivity index (χ0) is 17.9. The van der Waals surface area contributed by atoms with E-state index < -0.39 is 0 Å². The van der Waals surface area contributed by atoms with Crippen LogP contribution in [0.4, 0.5) is 5.69 Å². The minimum Gasteiger partial charge on any atom is -0.495 e. The first-order valence-electron chi connectivity index (χ1n) is 8.43. The van der Waals surface area contributed by atoms with Crippen LogP contribution in [0.2, 0.25) is 0 Å². The number of ether oxygens (including phenoxy) is 1. The molecule has 0 spiro atoms. The van der Waals surface area contributed by atoms with Crippen molar-refractivity contribution in [2.24, 2.45) is 0 Å². The largest absolute Gasteiger partial charge is 0.495 e. The van der Waals surface area contributed by atoms with Gasteiger partial charge in [0, 0.05) is 5.56 Å². The molecule has 0 aliphatic rings. The number of amides is 1. The second kappa shape index (κ2) is 7.52. The Hall–Kier alpha value is -2.29. The first-order chi connectivity index (χ1) is 11.3. The molecule has 0 aliphatic carbocycles. The van der Waals surface area contributed by atoms with Crippen molar-refractivity contribution in [2.75, 3.05) is 12.4 Å². The predicted octanol–water partition coefficient (Wildman–Crippen LogP) is 5.50. The molecule has 1 N–H and O–H groups in total. The predicted molar refractivity (Wildman–Crippen MR) is 100 cm³/mol. The van der Waals surface area contributed by atoms with E-state index in [2.05, 4.69) is 39.1 Å². The smallest absolute Gasteiger partial charge is 0.256 e. The fraction of sp³-hybridized carbons (Fsp3) is 0.381. The van der Waals surface area contributed by atoms with Gasteiger partial charge in [-0.3, -0.25) is 4.79 Å². The second-order valence-electron chi connectivity index (χ2n) is 6.81. The highest BCUT2D eigenvalue weighted by atomic mass is 16.5. The summed E-state index contributed by atoms with van der Waals surface area (Å²) in [4.78, 5) is 12.8. The van der Waals surface area contributed by atoms with Gasteiger partial charge >= 0.3 is 0 Å². The highest BCUT2D eigenvalue weighted by Gasteiger charge is 2.17. The highest BCUT2D eigenvalue weighted by Crippen LogP contribution is 2.28. The van der Waals surface area contributed by atoms with Gasteiger partial charge in [0.15, 0.2) is 0 Å². The van der Waals surface area contributed by atoms with Crippen LogP contribution in [0.25, 0.3) is 0 Å². The monoisotopic (exact) mass is 325 g/mol. The summed E-state index contributed by atoms with van der Waals surface area (Å²) in [6.45, 7) is 10.5. The maximum Gasteiger partial charge on any atom is 0.256 e. The molecule has 0 aromatic heterocycles. The molecular weight excluding hydrogens is 298 g/mol. The molecule has 2 aromatic rings. The van der Waals surface area contributed by atoms with E-state index in [1.807, 2.05) is 37.3 Å². The second-order valence-corrected chi connectivity index (χ2v) is 6.81. The zero-order valence-electron chi connectivity index (χ0n) is 15.4. The minimum absolute atomic E-state index is 0.0992. The van der Waals surface area contributed by atoms with Crippen molar-refractivity contribution in [1.29, 1.82) is 0 Å². The maximum atomic E-state index is 12.8. The van der Waals surface area contributed by atoms with Gasteiger partial charge in [0.25, 0.3) is 5.91 Å². The summed E-state index contributed by atoms with van der Waals surface area (Å²) in [7, 11) is 1.61. The summed E-state index contributed by atoms with van der Waals surface area (Å²) in [5.41, 5.74) is 4.82. The number of nitrogens with one attached hydrogen (secondary N) is 1. The van der Waals surface area contributed by atoms with Crippen LogP contribution in [0.1, 0.15) is 66.6 Å². The van der Waals surface area contributed by atoms with Gasteiger partial charge in [-0.05, 0) is 53.6 Å². The SMILES string of the molecule is COc1ccc(C)cc1NC(=O)c1ccc(C(C)C)cc1C(C)C. The number of anilines is 1. The van der Waals surface area contributed by atoms with E-state index in [1.165, 1.54) is 5.56 Å². The number of carbonyl (C=O) groups excluding carboxylic acids is 1. The van der Waals surface area contributed by atoms with Gasteiger partial charge in [0.05, 0.1) is 12.8 Å². The lowest BCUT2D eigenvalue weighted by molar-refractivity contribution is 0.102. The van der Waals surface area contributed by atoms with Gasteiger partial charge in [-0.1, -0.05) is 45.9 Å². The minimum atomic E-state index is -0.0992. The van der Waals surface area contributed by atoms with Crippen LogP contribution in [0, 0.1) is 6.92 Å². The molecule has 1 amide bonds. The lowest BCUT2D eigenvalue weighted by Gasteiger charge is -2.17. The van der Waals surface area contributed by atoms with Crippen LogP contribution in [-0.2, 0) is 0 Å². The molecule has 0 heterocycles. The molecule has 0 unspecified atom stereocenters. The van der Waals surface area contributed by atoms with Crippen LogP contribution in [0.5, 0.6) is 5.75 Å². The van der Waals surface area contributed by atoms with E-state index in [0.29, 0.717) is 17.4 Å². The molecule has 0 saturated heterocycles. The van der Waals surface area contributed by atoms with Crippen LogP contribution in [-0.4, -0.2) is 13.0 Å². The van der Waals surface area contributed by atoms with Gasteiger partial charge in [0.1, 0.15) is 5.75 Å². The molecule has 3 heteroatoms. The molecule has 0 fully saturated rings. The number of benzene rings is 2. The van der Waals surface area contributed by atoms with Crippen LogP contribution >= 0.6 is 0 Å². The van der Waals surface area contributed by atoms with Gasteiger partial charge in [-0.2, -0.15) is 0 Å². The lowest BCUT2D eigenvalue weighted by Crippen LogP contribution is -2.16. The molecule has 0 saturated carbocycles. The van der Waals surface area contributed by atoms with Crippen molar-refractivity contribution >= 4 is 11.6 Å². The number of methoxy groups -OCH3 is 1. The summed E-state index contributed by atoms with van der Waals surface area (Å²) in [5.74, 6) is 1.29. The first kappa shape index (κ1) is 18.1. The van der Waals surface area contributed by atoms with Gasteiger partial charge in [-0.15, -0.1) is 0 Å². The molecule has 2 rings (SSSR count). The van der Waals surface area contributed by atoms with E-state index in [4.69, 9.17) is 4.74 Å². The molecular formula is C21H27NO2. The highest BCUT2D eigenvalue weighted by molar-refractivity contribution is 6.06. The van der Waals surface area contributed by atoms with E-state index in [-0.39, 0.29) is 11.8 Å². The first-order valence-corrected chi connectivity index (χ1v) is 8.43. The Morgan fingerprint density at radius 1 is 1.00 bits per heavy atom. The van der Waals surface area contributed by atoms with Crippen molar-refractivity contribution in [3.63, 3.8) is 0 Å². The van der Waals surface area contributed by atoms with Crippen molar-refractivity contribution in [1.82, 2.24) is 0 Å². The van der Waals surface area contributed by atoms with E-state index in [0.717, 1.165) is 16.7 Å². The molecule has 0 aliphatic heterocycles. The quantitative estimate of drug-likeness (QED) is 0.788. The Labute approximate surface area is 145 Å². The summed E-state index contributed by atoms with van der Waals surface area (Å²) in [6, 6.07) is 11.9. The number of carbonyl (C=O) groups is 1. The average molecular weight is 325 g/mol. The fourth-order valence-corrected chi connectivity index (χ4v) is 2.73. The lowest BCUT2D eigenvalue weighted by atomic mass is 9.91. The summed E-state index contributed by atoms with van der Waals surface area (Å²) >= 11 is 0. The molecule has 3 nitrogen and oxygen atoms in total.